The number of carbonyl (C=O) groups excluding carboxylic acids is 1. The molecule has 4 aromatic carbocycles. The molecule has 0 unspecified atom stereocenters. The van der Waals surface area contributed by atoms with Gasteiger partial charge in [0.25, 0.3) is 5.91 Å². The summed E-state index contributed by atoms with van der Waals surface area (Å²) in [5.74, 6) is -0.165. The van der Waals surface area contributed by atoms with Crippen LogP contribution >= 0.6 is 0 Å². The first-order valence-electron chi connectivity index (χ1n) is 12.8. The zero-order valence-electron chi connectivity index (χ0n) is 23.2. The van der Waals surface area contributed by atoms with Gasteiger partial charge in [-0.05, 0) is 48.5 Å². The summed E-state index contributed by atoms with van der Waals surface area (Å²) < 4.78 is 56.3. The number of benzene rings is 4. The third kappa shape index (κ3) is 6.41. The van der Waals surface area contributed by atoms with E-state index in [1.165, 1.54) is 39.5 Å². The van der Waals surface area contributed by atoms with Crippen molar-refractivity contribution < 1.29 is 31.8 Å². The number of halogens is 1. The Kier molecular flexibility index (Phi) is 8.53. The maximum Gasteiger partial charge on any atom is 0.255 e. The second kappa shape index (κ2) is 12.6. The Balaban J connectivity index is 1.55. The second-order valence-corrected chi connectivity index (χ2v) is 9.89. The van der Waals surface area contributed by atoms with E-state index in [2.05, 4.69) is 20.6 Å². The molecule has 43 heavy (non-hydrogen) atoms. The Hall–Kier alpha value is -5.43. The van der Waals surface area contributed by atoms with Crippen LogP contribution in [0.2, 0.25) is 0 Å². The minimum Gasteiger partial charge on any atom is -0.497 e. The van der Waals surface area contributed by atoms with Crippen LogP contribution in [0.4, 0.5) is 33.1 Å². The van der Waals surface area contributed by atoms with E-state index < -0.39 is 22.6 Å². The number of nitrogens with one attached hydrogen (secondary N) is 2. The lowest BCUT2D eigenvalue weighted by Crippen LogP contribution is -2.19. The van der Waals surface area contributed by atoms with Crippen LogP contribution in [0.25, 0.3) is 11.0 Å². The highest BCUT2D eigenvalue weighted by Gasteiger charge is 2.22. The van der Waals surface area contributed by atoms with Crippen molar-refractivity contribution in [1.29, 1.82) is 0 Å². The monoisotopic (exact) mass is 603 g/mol. The summed E-state index contributed by atoms with van der Waals surface area (Å²) in [4.78, 5) is 22.2. The first-order chi connectivity index (χ1) is 20.8. The van der Waals surface area contributed by atoms with Crippen LogP contribution in [-0.4, -0.2) is 45.6 Å². The zero-order valence-corrected chi connectivity index (χ0v) is 24.1. The fraction of sp³-hybridized carbons (Fsp3) is 0.100. The number of rotatable bonds is 10. The Bertz CT molecular complexity index is 1870. The van der Waals surface area contributed by atoms with Crippen molar-refractivity contribution in [3.05, 3.63) is 96.3 Å². The van der Waals surface area contributed by atoms with E-state index in [1.54, 1.807) is 60.7 Å². The average molecular weight is 604 g/mol. The highest BCUT2D eigenvalue weighted by molar-refractivity contribution is 7.74. The first-order valence-corrected chi connectivity index (χ1v) is 13.9. The number of amides is 1. The van der Waals surface area contributed by atoms with Gasteiger partial charge in [0.15, 0.2) is 23.2 Å². The van der Waals surface area contributed by atoms with Crippen LogP contribution in [0.15, 0.2) is 84.9 Å². The minimum atomic E-state index is -3.30. The number of hydrogen-bond donors (Lipinski definition) is 3. The van der Waals surface area contributed by atoms with E-state index in [1.807, 2.05) is 0 Å². The number of hydrogen-bond acceptors (Lipinski definition) is 9. The number of carbonyl (C=O) groups is 1. The van der Waals surface area contributed by atoms with Gasteiger partial charge in [0.2, 0.25) is 10.9 Å². The summed E-state index contributed by atoms with van der Waals surface area (Å²) in [7, 11) is 1.05. The van der Waals surface area contributed by atoms with Gasteiger partial charge in [-0.25, -0.2) is 27.1 Å². The molecule has 0 saturated carbocycles. The molecule has 0 bridgehead atoms. The molecule has 11 nitrogen and oxygen atoms in total. The predicted molar refractivity (Wildman–Crippen MR) is 162 cm³/mol. The van der Waals surface area contributed by atoms with E-state index in [0.29, 0.717) is 28.2 Å². The molecule has 13 heteroatoms. The number of anilines is 5. The fourth-order valence-electron chi connectivity index (χ4n) is 4.26. The van der Waals surface area contributed by atoms with Crippen molar-refractivity contribution >= 4 is 56.5 Å². The standard InChI is InChI=1S/C30H26FN5O6S/c1-40-22-15-20(16-23(17-22)41-2)32-28-29(35-26-10-5-4-9-25(26)34-28)36(43(38)39)21-8-6-7-19(14-21)33-30(37)18-11-12-27(42-3)24(31)13-18/h4-17,43H,1-3H3,(H,32,34)(H,33,37). The molecule has 0 fully saturated rings. The number of ether oxygens (including phenoxy) is 3. The third-order valence-electron chi connectivity index (χ3n) is 6.29. The maximum absolute atomic E-state index is 14.2. The van der Waals surface area contributed by atoms with Gasteiger partial charge >= 0.3 is 0 Å². The molecule has 1 aromatic heterocycles. The summed E-state index contributed by atoms with van der Waals surface area (Å²) in [6.45, 7) is 0. The molecule has 0 aliphatic carbocycles. The lowest BCUT2D eigenvalue weighted by atomic mass is 10.2. The number of aromatic nitrogens is 2. The normalized spacial score (nSPS) is 10.8. The van der Waals surface area contributed by atoms with Gasteiger partial charge < -0.3 is 24.8 Å². The molecular formula is C30H26FN5O6S. The maximum atomic E-state index is 14.2. The summed E-state index contributed by atoms with van der Waals surface area (Å²) in [6.07, 6.45) is 0. The largest absolute Gasteiger partial charge is 0.497 e. The molecule has 5 aromatic rings. The molecule has 220 valence electrons. The predicted octanol–water partition coefficient (Wildman–Crippen LogP) is 5.46. The van der Waals surface area contributed by atoms with Crippen LogP contribution in [-0.2, 0) is 10.9 Å². The zero-order chi connectivity index (χ0) is 30.5. The first kappa shape index (κ1) is 29.1. The molecule has 1 heterocycles. The van der Waals surface area contributed by atoms with Gasteiger partial charge in [-0.1, -0.05) is 18.2 Å². The van der Waals surface area contributed by atoms with Gasteiger partial charge in [0.05, 0.1) is 38.1 Å². The topological polar surface area (TPSA) is 132 Å². The number of fused-ring (bicyclic) bond motifs is 1. The van der Waals surface area contributed by atoms with Crippen LogP contribution in [0.3, 0.4) is 0 Å². The van der Waals surface area contributed by atoms with E-state index in [9.17, 15) is 17.6 Å². The number of nitrogens with zero attached hydrogens (tertiary/aromatic N) is 3. The van der Waals surface area contributed by atoms with Crippen molar-refractivity contribution in [3.63, 3.8) is 0 Å². The van der Waals surface area contributed by atoms with Crippen molar-refractivity contribution in [3.8, 4) is 17.2 Å². The van der Waals surface area contributed by atoms with Crippen LogP contribution in [0.1, 0.15) is 10.4 Å². The smallest absolute Gasteiger partial charge is 0.255 e. The summed E-state index contributed by atoms with van der Waals surface area (Å²) in [5.41, 5.74) is 1.98. The second-order valence-electron chi connectivity index (χ2n) is 9.01. The van der Waals surface area contributed by atoms with Crippen molar-refractivity contribution in [2.45, 2.75) is 0 Å². The molecule has 0 aliphatic heterocycles. The van der Waals surface area contributed by atoms with Gasteiger partial charge in [-0.3, -0.25) is 4.79 Å². The minimum absolute atomic E-state index is 0.00161. The molecule has 0 spiro atoms. The average Bonchev–Trinajstić information content (AvgIpc) is 3.01. The van der Waals surface area contributed by atoms with Crippen molar-refractivity contribution in [2.75, 3.05) is 36.3 Å². The summed E-state index contributed by atoms with van der Waals surface area (Å²) >= 11 is 0. The van der Waals surface area contributed by atoms with Crippen molar-refractivity contribution in [2.24, 2.45) is 0 Å². The molecule has 0 aliphatic rings. The highest BCUT2D eigenvalue weighted by atomic mass is 32.2. The van der Waals surface area contributed by atoms with Crippen molar-refractivity contribution in [1.82, 2.24) is 9.97 Å². The van der Waals surface area contributed by atoms with E-state index in [0.717, 1.165) is 10.4 Å². The Labute approximate surface area is 248 Å². The van der Waals surface area contributed by atoms with E-state index in [4.69, 9.17) is 14.2 Å². The van der Waals surface area contributed by atoms with E-state index >= 15 is 0 Å². The molecule has 0 atom stereocenters. The quantitative estimate of drug-likeness (QED) is 0.178. The number of thiol groups is 1. The molecule has 0 radical (unpaired) electrons. The fourth-order valence-corrected chi connectivity index (χ4v) is 4.87. The number of methoxy groups -OCH3 is 3. The SMILES string of the molecule is COc1cc(Nc2nc3ccccc3nc2N(c2cccc(NC(=O)c3ccc(OC)c(F)c3)c2)[SH](=O)=O)cc(OC)c1. The molecular weight excluding hydrogens is 577 g/mol. The lowest BCUT2D eigenvalue weighted by molar-refractivity contribution is 0.102. The van der Waals surface area contributed by atoms with Gasteiger partial charge in [0.1, 0.15) is 11.5 Å². The van der Waals surface area contributed by atoms with Crippen LogP contribution in [0.5, 0.6) is 17.2 Å². The lowest BCUT2D eigenvalue weighted by Gasteiger charge is -2.21. The summed E-state index contributed by atoms with van der Waals surface area (Å²) in [6, 6.07) is 22.1. The Morgan fingerprint density at radius 3 is 2.12 bits per heavy atom. The number of para-hydroxylation sites is 2. The van der Waals surface area contributed by atoms with Crippen LogP contribution < -0.4 is 29.1 Å². The summed E-state index contributed by atoms with van der Waals surface area (Å²) in [5, 5.41) is 5.81. The van der Waals surface area contributed by atoms with E-state index in [-0.39, 0.29) is 34.3 Å². The molecule has 1 amide bonds. The molecule has 2 N–H and O–H groups in total. The van der Waals surface area contributed by atoms with Gasteiger partial charge in [0, 0.05) is 35.1 Å². The van der Waals surface area contributed by atoms with Gasteiger partial charge in [-0.15, -0.1) is 0 Å². The Morgan fingerprint density at radius 2 is 1.49 bits per heavy atom. The van der Waals surface area contributed by atoms with Gasteiger partial charge in [-0.2, -0.15) is 0 Å². The third-order valence-corrected chi connectivity index (χ3v) is 7.04. The Morgan fingerprint density at radius 1 is 0.791 bits per heavy atom. The molecule has 5 rings (SSSR count). The van der Waals surface area contributed by atoms with Crippen LogP contribution in [0, 0.1) is 5.82 Å². The molecule has 0 saturated heterocycles. The highest BCUT2D eigenvalue weighted by Crippen LogP contribution is 2.36.